The maximum Gasteiger partial charge on any atom is 0.0468 e. The predicted octanol–water partition coefficient (Wildman–Crippen LogP) is 4.07. The minimum atomic E-state index is 0.310. The van der Waals surface area contributed by atoms with Gasteiger partial charge in [-0.15, -0.1) is 0 Å². The lowest BCUT2D eigenvalue weighted by atomic mass is 10.0. The van der Waals surface area contributed by atoms with Gasteiger partial charge in [-0.05, 0) is 25.7 Å². The van der Waals surface area contributed by atoms with Crippen molar-refractivity contribution in [1.29, 1.82) is 0 Å². The molecule has 0 saturated carbocycles. The van der Waals surface area contributed by atoms with E-state index in [1.54, 1.807) is 0 Å². The van der Waals surface area contributed by atoms with E-state index in [-0.39, 0.29) is 0 Å². The minimum Gasteiger partial charge on any atom is -0.396 e. The van der Waals surface area contributed by atoms with Crippen LogP contribution in [0.15, 0.2) is 11.6 Å². The van der Waals surface area contributed by atoms with Crippen molar-refractivity contribution in [2.24, 2.45) is 0 Å². The highest BCUT2D eigenvalue weighted by Gasteiger charge is 1.96. The molecule has 0 spiro atoms. The van der Waals surface area contributed by atoms with Gasteiger partial charge in [0.15, 0.2) is 0 Å². The summed E-state index contributed by atoms with van der Waals surface area (Å²) in [6.45, 7) is 4.76. The van der Waals surface area contributed by atoms with E-state index in [0.717, 1.165) is 6.42 Å². The largest absolute Gasteiger partial charge is 0.396 e. The molecular weight excluding hydrogens is 172 g/mol. The monoisotopic (exact) mass is 198 g/mol. The number of hydrogen-bond acceptors (Lipinski definition) is 1. The van der Waals surface area contributed by atoms with Gasteiger partial charge in [0.05, 0.1) is 0 Å². The Labute approximate surface area is 89.2 Å². The summed E-state index contributed by atoms with van der Waals surface area (Å²) in [5.41, 5.74) is 1.47. The topological polar surface area (TPSA) is 20.2 Å². The van der Waals surface area contributed by atoms with E-state index in [1.165, 1.54) is 50.5 Å². The highest BCUT2D eigenvalue weighted by molar-refractivity contribution is 5.01. The van der Waals surface area contributed by atoms with Gasteiger partial charge in [0.2, 0.25) is 0 Å². The summed E-state index contributed by atoms with van der Waals surface area (Å²) in [7, 11) is 0. The molecule has 0 saturated heterocycles. The Balaban J connectivity index is 3.69. The van der Waals surface area contributed by atoms with Crippen molar-refractivity contribution in [3.63, 3.8) is 0 Å². The van der Waals surface area contributed by atoms with Crippen LogP contribution in [0.2, 0.25) is 0 Å². The SMILES string of the molecule is CCCCC=C(CCO)CCCCC. The van der Waals surface area contributed by atoms with Crippen LogP contribution in [0.25, 0.3) is 0 Å². The lowest BCUT2D eigenvalue weighted by molar-refractivity contribution is 0.297. The number of hydrogen-bond donors (Lipinski definition) is 1. The maximum atomic E-state index is 8.91. The molecule has 0 aliphatic heterocycles. The zero-order chi connectivity index (χ0) is 10.6. The number of aliphatic hydroxyl groups is 1. The van der Waals surface area contributed by atoms with Gasteiger partial charge in [0.25, 0.3) is 0 Å². The second kappa shape index (κ2) is 10.8. The van der Waals surface area contributed by atoms with Crippen molar-refractivity contribution in [2.45, 2.75) is 65.2 Å². The maximum absolute atomic E-state index is 8.91. The molecule has 0 unspecified atom stereocenters. The summed E-state index contributed by atoms with van der Waals surface area (Å²) in [5, 5.41) is 8.91. The lowest BCUT2D eigenvalue weighted by Gasteiger charge is -2.05. The lowest BCUT2D eigenvalue weighted by Crippen LogP contribution is -1.90. The van der Waals surface area contributed by atoms with Crippen LogP contribution in [-0.2, 0) is 0 Å². The van der Waals surface area contributed by atoms with Crippen LogP contribution >= 0.6 is 0 Å². The first-order valence-corrected chi connectivity index (χ1v) is 6.13. The van der Waals surface area contributed by atoms with E-state index in [1.807, 2.05) is 0 Å². The van der Waals surface area contributed by atoms with Gasteiger partial charge in [-0.3, -0.25) is 0 Å². The van der Waals surface area contributed by atoms with Crippen molar-refractivity contribution in [3.05, 3.63) is 11.6 Å². The molecule has 0 aliphatic carbocycles. The smallest absolute Gasteiger partial charge is 0.0468 e. The van der Waals surface area contributed by atoms with Gasteiger partial charge in [-0.25, -0.2) is 0 Å². The van der Waals surface area contributed by atoms with E-state index in [2.05, 4.69) is 19.9 Å². The summed E-state index contributed by atoms with van der Waals surface area (Å²) in [5.74, 6) is 0. The van der Waals surface area contributed by atoms with E-state index in [9.17, 15) is 0 Å². The first kappa shape index (κ1) is 13.7. The van der Waals surface area contributed by atoms with Gasteiger partial charge in [0, 0.05) is 6.61 Å². The summed E-state index contributed by atoms with van der Waals surface area (Å²) >= 11 is 0. The Hall–Kier alpha value is -0.300. The highest BCUT2D eigenvalue weighted by atomic mass is 16.2. The molecule has 0 atom stereocenters. The van der Waals surface area contributed by atoms with Gasteiger partial charge < -0.3 is 5.11 Å². The zero-order valence-electron chi connectivity index (χ0n) is 9.89. The standard InChI is InChI=1S/C13H26O/c1-3-5-7-9-13(11-12-14)10-8-6-4-2/h9,14H,3-8,10-12H2,1-2H3. The minimum absolute atomic E-state index is 0.310. The molecular formula is C13H26O. The number of unbranched alkanes of at least 4 members (excludes halogenated alkanes) is 4. The molecule has 0 aliphatic rings. The van der Waals surface area contributed by atoms with Crippen LogP contribution in [0.3, 0.4) is 0 Å². The van der Waals surface area contributed by atoms with Crippen molar-refractivity contribution in [1.82, 2.24) is 0 Å². The zero-order valence-corrected chi connectivity index (χ0v) is 9.89. The molecule has 0 aromatic rings. The molecule has 1 heteroatoms. The Morgan fingerprint density at radius 2 is 1.71 bits per heavy atom. The fourth-order valence-corrected chi connectivity index (χ4v) is 1.59. The van der Waals surface area contributed by atoms with Crippen LogP contribution in [0.4, 0.5) is 0 Å². The van der Waals surface area contributed by atoms with E-state index < -0.39 is 0 Å². The van der Waals surface area contributed by atoms with E-state index in [4.69, 9.17) is 5.11 Å². The number of rotatable bonds is 9. The average Bonchev–Trinajstić information content (AvgIpc) is 2.18. The fourth-order valence-electron chi connectivity index (χ4n) is 1.59. The van der Waals surface area contributed by atoms with Crippen molar-refractivity contribution in [2.75, 3.05) is 6.61 Å². The van der Waals surface area contributed by atoms with Gasteiger partial charge in [-0.1, -0.05) is 51.2 Å². The van der Waals surface area contributed by atoms with Gasteiger partial charge in [0.1, 0.15) is 0 Å². The van der Waals surface area contributed by atoms with E-state index >= 15 is 0 Å². The van der Waals surface area contributed by atoms with Crippen LogP contribution < -0.4 is 0 Å². The molecule has 0 rings (SSSR count). The third kappa shape index (κ3) is 8.31. The Kier molecular flexibility index (Phi) is 10.5. The first-order valence-electron chi connectivity index (χ1n) is 6.13. The van der Waals surface area contributed by atoms with Gasteiger partial charge >= 0.3 is 0 Å². The molecule has 0 fully saturated rings. The van der Waals surface area contributed by atoms with E-state index in [0.29, 0.717) is 6.61 Å². The van der Waals surface area contributed by atoms with Crippen molar-refractivity contribution >= 4 is 0 Å². The molecule has 0 aromatic heterocycles. The predicted molar refractivity (Wildman–Crippen MR) is 63.5 cm³/mol. The summed E-state index contributed by atoms with van der Waals surface area (Å²) < 4.78 is 0. The molecule has 0 aromatic carbocycles. The summed E-state index contributed by atoms with van der Waals surface area (Å²) in [4.78, 5) is 0. The van der Waals surface area contributed by atoms with Crippen LogP contribution in [0, 0.1) is 0 Å². The molecule has 0 amide bonds. The Bertz CT molecular complexity index is 138. The second-order valence-corrected chi connectivity index (χ2v) is 3.94. The van der Waals surface area contributed by atoms with Crippen molar-refractivity contribution in [3.8, 4) is 0 Å². The number of allylic oxidation sites excluding steroid dienone is 1. The normalized spacial score (nSPS) is 12.1. The average molecular weight is 198 g/mol. The molecule has 84 valence electrons. The molecule has 1 nitrogen and oxygen atoms in total. The molecule has 14 heavy (non-hydrogen) atoms. The highest BCUT2D eigenvalue weighted by Crippen LogP contribution is 2.14. The van der Waals surface area contributed by atoms with Crippen LogP contribution in [-0.4, -0.2) is 11.7 Å². The molecule has 1 N–H and O–H groups in total. The van der Waals surface area contributed by atoms with Crippen molar-refractivity contribution < 1.29 is 5.11 Å². The first-order chi connectivity index (χ1) is 6.85. The van der Waals surface area contributed by atoms with Gasteiger partial charge in [-0.2, -0.15) is 0 Å². The van der Waals surface area contributed by atoms with Crippen LogP contribution in [0.1, 0.15) is 65.2 Å². The quantitative estimate of drug-likeness (QED) is 0.437. The Morgan fingerprint density at radius 3 is 2.29 bits per heavy atom. The third-order valence-corrected chi connectivity index (χ3v) is 2.53. The molecule has 0 bridgehead atoms. The Morgan fingerprint density at radius 1 is 1.00 bits per heavy atom. The third-order valence-electron chi connectivity index (χ3n) is 2.53. The second-order valence-electron chi connectivity index (χ2n) is 3.94. The molecule has 0 heterocycles. The number of aliphatic hydroxyl groups excluding tert-OH is 1. The molecule has 0 radical (unpaired) electrons. The summed E-state index contributed by atoms with van der Waals surface area (Å²) in [6.07, 6.45) is 12.0. The fraction of sp³-hybridized carbons (Fsp3) is 0.846. The van der Waals surface area contributed by atoms with Crippen LogP contribution in [0.5, 0.6) is 0 Å². The summed E-state index contributed by atoms with van der Waals surface area (Å²) in [6, 6.07) is 0.